The van der Waals surface area contributed by atoms with E-state index in [9.17, 15) is 8.42 Å². The highest BCUT2D eigenvalue weighted by Crippen LogP contribution is 2.24. The molecule has 2 N–H and O–H groups in total. The minimum absolute atomic E-state index is 0. The Bertz CT molecular complexity index is 308. The van der Waals surface area contributed by atoms with E-state index in [2.05, 4.69) is 6.92 Å². The molecule has 1 rings (SSSR count). The summed E-state index contributed by atoms with van der Waals surface area (Å²) >= 11 is 0. The Morgan fingerprint density at radius 2 is 2.00 bits per heavy atom. The lowest BCUT2D eigenvalue weighted by Gasteiger charge is -2.38. The van der Waals surface area contributed by atoms with E-state index < -0.39 is 10.2 Å². The van der Waals surface area contributed by atoms with Crippen LogP contribution >= 0.6 is 12.4 Å². The van der Waals surface area contributed by atoms with Crippen LogP contribution in [0, 0.1) is 5.92 Å². The minimum atomic E-state index is -3.30. The minimum Gasteiger partial charge on any atom is -0.329 e. The lowest BCUT2D eigenvalue weighted by molar-refractivity contribution is 0.202. The maximum Gasteiger partial charge on any atom is 0.281 e. The Balaban J connectivity index is 0.00000225. The molecule has 0 aliphatic carbocycles. The van der Waals surface area contributed by atoms with Crippen molar-refractivity contribution in [3.05, 3.63) is 0 Å². The molecule has 0 radical (unpaired) electrons. The van der Waals surface area contributed by atoms with Gasteiger partial charge in [0.25, 0.3) is 10.2 Å². The van der Waals surface area contributed by atoms with Crippen molar-refractivity contribution >= 4 is 22.6 Å². The average molecular weight is 272 g/mol. The maximum absolute atomic E-state index is 12.0. The monoisotopic (exact) mass is 271 g/mol. The molecule has 1 aliphatic heterocycles. The summed E-state index contributed by atoms with van der Waals surface area (Å²) in [7, 11) is -0.185. The Morgan fingerprint density at radius 1 is 1.44 bits per heavy atom. The first-order chi connectivity index (χ1) is 6.89. The van der Waals surface area contributed by atoms with Gasteiger partial charge in [-0.15, -0.1) is 12.4 Å². The number of piperidine rings is 1. The van der Waals surface area contributed by atoms with Crippen LogP contribution in [0.1, 0.15) is 19.8 Å². The highest BCUT2D eigenvalue weighted by molar-refractivity contribution is 7.86. The first kappa shape index (κ1) is 16.1. The Kier molecular flexibility index (Phi) is 6.21. The highest BCUT2D eigenvalue weighted by Gasteiger charge is 2.34. The number of halogens is 1. The summed E-state index contributed by atoms with van der Waals surface area (Å²) in [6.45, 7) is 3.13. The lowest BCUT2D eigenvalue weighted by Crippen LogP contribution is -2.52. The first-order valence-corrected chi connectivity index (χ1v) is 6.68. The molecular weight excluding hydrogens is 250 g/mol. The topological polar surface area (TPSA) is 66.6 Å². The van der Waals surface area contributed by atoms with Gasteiger partial charge < -0.3 is 5.73 Å². The highest BCUT2D eigenvalue weighted by atomic mass is 35.5. The second-order valence-electron chi connectivity index (χ2n) is 4.42. The van der Waals surface area contributed by atoms with Gasteiger partial charge in [-0.1, -0.05) is 6.92 Å². The fourth-order valence-corrected chi connectivity index (χ4v) is 3.26. The molecule has 1 heterocycles. The van der Waals surface area contributed by atoms with E-state index in [0.717, 1.165) is 12.8 Å². The van der Waals surface area contributed by atoms with Crippen molar-refractivity contribution in [2.45, 2.75) is 25.8 Å². The Labute approximate surface area is 105 Å². The van der Waals surface area contributed by atoms with Crippen LogP contribution in [0.2, 0.25) is 0 Å². The number of hydrogen-bond donors (Lipinski definition) is 1. The van der Waals surface area contributed by atoms with Gasteiger partial charge in [0.2, 0.25) is 0 Å². The van der Waals surface area contributed by atoms with Gasteiger partial charge in [-0.25, -0.2) is 0 Å². The molecule has 0 aromatic rings. The van der Waals surface area contributed by atoms with Gasteiger partial charge in [-0.05, 0) is 18.8 Å². The third kappa shape index (κ3) is 3.30. The first-order valence-electron chi connectivity index (χ1n) is 5.29. The smallest absolute Gasteiger partial charge is 0.281 e. The molecule has 0 saturated carbocycles. The zero-order valence-corrected chi connectivity index (χ0v) is 11.7. The van der Waals surface area contributed by atoms with Crippen LogP contribution < -0.4 is 5.73 Å². The summed E-state index contributed by atoms with van der Waals surface area (Å²) in [5, 5.41) is 0. The van der Waals surface area contributed by atoms with E-state index in [4.69, 9.17) is 5.73 Å². The molecule has 1 saturated heterocycles. The third-order valence-corrected chi connectivity index (χ3v) is 4.95. The molecule has 1 aliphatic rings. The lowest BCUT2D eigenvalue weighted by atomic mass is 9.94. The Hall–Kier alpha value is 0.120. The fraction of sp³-hybridized carbons (Fsp3) is 1.00. The molecule has 2 unspecified atom stereocenters. The summed E-state index contributed by atoms with van der Waals surface area (Å²) in [4.78, 5) is 0. The van der Waals surface area contributed by atoms with Crippen molar-refractivity contribution in [1.29, 1.82) is 0 Å². The van der Waals surface area contributed by atoms with E-state index in [1.165, 1.54) is 8.61 Å². The largest absolute Gasteiger partial charge is 0.329 e. The van der Waals surface area contributed by atoms with Crippen LogP contribution in [0.25, 0.3) is 0 Å². The van der Waals surface area contributed by atoms with Gasteiger partial charge in [0.05, 0.1) is 0 Å². The zero-order chi connectivity index (χ0) is 11.6. The molecule has 0 aromatic heterocycles. The number of nitrogens with zero attached hydrogens (tertiary/aromatic N) is 2. The van der Waals surface area contributed by atoms with Crippen LogP contribution in [-0.2, 0) is 10.2 Å². The second-order valence-corrected chi connectivity index (χ2v) is 6.51. The summed E-state index contributed by atoms with van der Waals surface area (Å²) in [6, 6.07) is -0.0406. The van der Waals surface area contributed by atoms with Crippen molar-refractivity contribution in [1.82, 2.24) is 8.61 Å². The van der Waals surface area contributed by atoms with Gasteiger partial charge in [-0.3, -0.25) is 0 Å². The van der Waals surface area contributed by atoms with Gasteiger partial charge in [0.1, 0.15) is 0 Å². The van der Waals surface area contributed by atoms with Gasteiger partial charge in [0.15, 0.2) is 0 Å². The van der Waals surface area contributed by atoms with Crippen LogP contribution in [-0.4, -0.2) is 50.3 Å². The summed E-state index contributed by atoms with van der Waals surface area (Å²) in [6.07, 6.45) is 1.78. The van der Waals surface area contributed by atoms with Gasteiger partial charge >= 0.3 is 0 Å². The average Bonchev–Trinajstić information content (AvgIpc) is 2.16. The molecule has 0 spiro atoms. The number of nitrogens with two attached hydrogens (primary N) is 1. The molecule has 5 nitrogen and oxygen atoms in total. The van der Waals surface area contributed by atoms with Crippen molar-refractivity contribution in [2.75, 3.05) is 27.2 Å². The standard InChI is InChI=1S/C9H21N3O2S.ClH/c1-8-4-5-12(9(6-8)7-10)15(13,14)11(2)3;/h8-9H,4-7,10H2,1-3H3;1H. The molecule has 7 heteroatoms. The van der Waals surface area contributed by atoms with E-state index in [1.54, 1.807) is 14.1 Å². The van der Waals surface area contributed by atoms with Crippen LogP contribution in [0.5, 0.6) is 0 Å². The zero-order valence-electron chi connectivity index (χ0n) is 10.1. The molecular formula is C9H22ClN3O2S. The van der Waals surface area contributed by atoms with Crippen LogP contribution in [0.3, 0.4) is 0 Å². The summed E-state index contributed by atoms with van der Waals surface area (Å²) < 4.78 is 26.7. The van der Waals surface area contributed by atoms with E-state index in [0.29, 0.717) is 19.0 Å². The third-order valence-electron chi connectivity index (χ3n) is 2.95. The van der Waals surface area contributed by atoms with Gasteiger partial charge in [0, 0.05) is 33.2 Å². The quantitative estimate of drug-likeness (QED) is 0.802. The van der Waals surface area contributed by atoms with Crippen molar-refractivity contribution < 1.29 is 8.42 Å². The van der Waals surface area contributed by atoms with Crippen molar-refractivity contribution in [3.8, 4) is 0 Å². The fourth-order valence-electron chi connectivity index (χ4n) is 1.96. The van der Waals surface area contributed by atoms with E-state index in [-0.39, 0.29) is 18.4 Å². The SMILES string of the molecule is CC1CCN(S(=O)(=O)N(C)C)C(CN)C1.Cl. The maximum atomic E-state index is 12.0. The van der Waals surface area contributed by atoms with E-state index in [1.807, 2.05) is 0 Å². The van der Waals surface area contributed by atoms with Gasteiger partial charge in [-0.2, -0.15) is 17.0 Å². The number of rotatable bonds is 3. The normalized spacial score (nSPS) is 27.8. The molecule has 0 bridgehead atoms. The molecule has 0 amide bonds. The summed E-state index contributed by atoms with van der Waals surface area (Å²) in [5.41, 5.74) is 5.63. The summed E-state index contributed by atoms with van der Waals surface area (Å²) in [5.74, 6) is 0.562. The Morgan fingerprint density at radius 3 is 2.44 bits per heavy atom. The van der Waals surface area contributed by atoms with Crippen LogP contribution in [0.15, 0.2) is 0 Å². The molecule has 2 atom stereocenters. The predicted molar refractivity (Wildman–Crippen MR) is 67.8 cm³/mol. The second kappa shape index (κ2) is 6.16. The van der Waals surface area contributed by atoms with Crippen LogP contribution in [0.4, 0.5) is 0 Å². The van der Waals surface area contributed by atoms with E-state index >= 15 is 0 Å². The molecule has 98 valence electrons. The molecule has 0 aromatic carbocycles. The van der Waals surface area contributed by atoms with Crippen molar-refractivity contribution in [3.63, 3.8) is 0 Å². The number of hydrogen-bond acceptors (Lipinski definition) is 3. The molecule has 1 fully saturated rings. The predicted octanol–water partition coefficient (Wildman–Crippen LogP) is 0.274. The molecule has 16 heavy (non-hydrogen) atoms. The van der Waals surface area contributed by atoms with Crippen molar-refractivity contribution in [2.24, 2.45) is 11.7 Å².